The van der Waals surface area contributed by atoms with Crippen LogP contribution in [0, 0.1) is 5.92 Å². The second-order valence-corrected chi connectivity index (χ2v) is 4.79. The van der Waals surface area contributed by atoms with Gasteiger partial charge in [-0.1, -0.05) is 0 Å². The second kappa shape index (κ2) is 5.81. The van der Waals surface area contributed by atoms with E-state index in [9.17, 15) is 14.4 Å². The van der Waals surface area contributed by atoms with Crippen LogP contribution in [-0.2, 0) is 14.4 Å². The van der Waals surface area contributed by atoms with Crippen LogP contribution < -0.4 is 17.2 Å². The fourth-order valence-corrected chi connectivity index (χ4v) is 2.16. The molecule has 0 spiro atoms. The highest BCUT2D eigenvalue weighted by molar-refractivity contribution is 5.88. The zero-order chi connectivity index (χ0) is 13.9. The highest BCUT2D eigenvalue weighted by Crippen LogP contribution is 2.22. The predicted molar refractivity (Wildman–Crippen MR) is 64.9 cm³/mol. The molecule has 0 aromatic heterocycles. The Morgan fingerprint density at radius 1 is 1.28 bits per heavy atom. The molecule has 1 aliphatic heterocycles. The fraction of sp³-hybridized carbons (Fsp3) is 0.727. The summed E-state index contributed by atoms with van der Waals surface area (Å²) >= 11 is 0. The van der Waals surface area contributed by atoms with E-state index >= 15 is 0 Å². The number of hydrogen-bond donors (Lipinski definition) is 3. The number of nitrogens with zero attached hydrogens (tertiary/aromatic N) is 1. The average Bonchev–Trinajstić information content (AvgIpc) is 2.27. The summed E-state index contributed by atoms with van der Waals surface area (Å²) in [5.74, 6) is -1.73. The molecule has 0 aromatic carbocycles. The molecule has 6 N–H and O–H groups in total. The van der Waals surface area contributed by atoms with Crippen molar-refractivity contribution in [3.8, 4) is 0 Å². The zero-order valence-electron chi connectivity index (χ0n) is 10.5. The Labute approximate surface area is 106 Å². The topological polar surface area (TPSA) is 133 Å². The SMILES string of the molecule is CC1CCC(C(N)=O)CN1C(=O)C(N)CC(N)=O. The molecule has 1 heterocycles. The molecule has 0 radical (unpaired) electrons. The minimum Gasteiger partial charge on any atom is -0.370 e. The Balaban J connectivity index is 2.69. The number of carbonyl (C=O) groups excluding carboxylic acids is 3. The summed E-state index contributed by atoms with van der Waals surface area (Å²) in [6.45, 7) is 2.15. The summed E-state index contributed by atoms with van der Waals surface area (Å²) in [7, 11) is 0. The van der Waals surface area contributed by atoms with E-state index in [1.54, 1.807) is 0 Å². The maximum atomic E-state index is 12.1. The minimum absolute atomic E-state index is 0.00738. The smallest absolute Gasteiger partial charge is 0.240 e. The first-order valence-corrected chi connectivity index (χ1v) is 5.96. The van der Waals surface area contributed by atoms with Crippen molar-refractivity contribution < 1.29 is 14.4 Å². The molecule has 102 valence electrons. The van der Waals surface area contributed by atoms with Crippen LogP contribution in [0.4, 0.5) is 0 Å². The van der Waals surface area contributed by atoms with Crippen molar-refractivity contribution in [3.63, 3.8) is 0 Å². The van der Waals surface area contributed by atoms with Crippen LogP contribution in [0.1, 0.15) is 26.2 Å². The Bertz CT molecular complexity index is 358. The summed E-state index contributed by atoms with van der Waals surface area (Å²) in [6, 6.07) is -0.955. The van der Waals surface area contributed by atoms with Gasteiger partial charge in [0.25, 0.3) is 0 Å². The van der Waals surface area contributed by atoms with Gasteiger partial charge in [-0.15, -0.1) is 0 Å². The molecular formula is C11H20N4O3. The Morgan fingerprint density at radius 2 is 1.89 bits per heavy atom. The number of amides is 3. The summed E-state index contributed by atoms with van der Waals surface area (Å²) in [5, 5.41) is 0. The molecule has 0 aromatic rings. The highest BCUT2D eigenvalue weighted by atomic mass is 16.2. The van der Waals surface area contributed by atoms with Gasteiger partial charge in [-0.05, 0) is 19.8 Å². The number of rotatable bonds is 4. The van der Waals surface area contributed by atoms with Crippen LogP contribution in [0.25, 0.3) is 0 Å². The van der Waals surface area contributed by atoms with Crippen molar-refractivity contribution in [2.45, 2.75) is 38.3 Å². The molecule has 0 bridgehead atoms. The first-order chi connectivity index (χ1) is 8.32. The molecule has 1 aliphatic rings. The molecule has 18 heavy (non-hydrogen) atoms. The van der Waals surface area contributed by atoms with Crippen molar-refractivity contribution in [1.29, 1.82) is 0 Å². The third-order valence-electron chi connectivity index (χ3n) is 3.31. The number of hydrogen-bond acceptors (Lipinski definition) is 4. The lowest BCUT2D eigenvalue weighted by atomic mass is 9.92. The number of primary amides is 2. The van der Waals surface area contributed by atoms with Crippen LogP contribution in [-0.4, -0.2) is 41.2 Å². The molecule has 0 aliphatic carbocycles. The lowest BCUT2D eigenvalue weighted by Crippen LogP contribution is -2.54. The third-order valence-corrected chi connectivity index (χ3v) is 3.31. The molecule has 1 saturated heterocycles. The molecule has 7 heteroatoms. The summed E-state index contributed by atoms with van der Waals surface area (Å²) in [4.78, 5) is 35.5. The molecule has 3 unspecified atom stereocenters. The predicted octanol–water partition coefficient (Wildman–Crippen LogP) is -1.70. The van der Waals surface area contributed by atoms with Gasteiger partial charge in [-0.25, -0.2) is 0 Å². The zero-order valence-corrected chi connectivity index (χ0v) is 10.5. The summed E-state index contributed by atoms with van der Waals surface area (Å²) in [6.07, 6.45) is 1.18. The van der Waals surface area contributed by atoms with Crippen LogP contribution in [0.2, 0.25) is 0 Å². The molecular weight excluding hydrogens is 236 g/mol. The van der Waals surface area contributed by atoms with E-state index in [0.717, 1.165) is 0 Å². The molecule has 3 amide bonds. The number of carbonyl (C=O) groups is 3. The Hall–Kier alpha value is -1.63. The first kappa shape index (κ1) is 14.4. The van der Waals surface area contributed by atoms with Gasteiger partial charge in [0.15, 0.2) is 0 Å². The van der Waals surface area contributed by atoms with E-state index in [1.807, 2.05) is 6.92 Å². The van der Waals surface area contributed by atoms with Crippen molar-refractivity contribution in [2.24, 2.45) is 23.1 Å². The number of likely N-dealkylation sites (tertiary alicyclic amines) is 1. The lowest BCUT2D eigenvalue weighted by Gasteiger charge is -2.38. The van der Waals surface area contributed by atoms with Gasteiger partial charge in [0.1, 0.15) is 0 Å². The summed E-state index contributed by atoms with van der Waals surface area (Å²) in [5.41, 5.74) is 15.9. The van der Waals surface area contributed by atoms with E-state index in [-0.39, 0.29) is 30.8 Å². The number of piperidine rings is 1. The monoisotopic (exact) mass is 256 g/mol. The van der Waals surface area contributed by atoms with Gasteiger partial charge in [0.05, 0.1) is 18.4 Å². The van der Waals surface area contributed by atoms with E-state index in [0.29, 0.717) is 12.8 Å². The number of nitrogens with two attached hydrogens (primary N) is 3. The van der Waals surface area contributed by atoms with Gasteiger partial charge in [-0.2, -0.15) is 0 Å². The first-order valence-electron chi connectivity index (χ1n) is 5.96. The normalized spacial score (nSPS) is 25.6. The molecule has 3 atom stereocenters. The van der Waals surface area contributed by atoms with Crippen molar-refractivity contribution in [1.82, 2.24) is 4.90 Å². The van der Waals surface area contributed by atoms with Gasteiger partial charge in [0.2, 0.25) is 17.7 Å². The largest absolute Gasteiger partial charge is 0.370 e. The van der Waals surface area contributed by atoms with Crippen molar-refractivity contribution in [2.75, 3.05) is 6.54 Å². The van der Waals surface area contributed by atoms with Gasteiger partial charge < -0.3 is 22.1 Å². The summed E-state index contributed by atoms with van der Waals surface area (Å²) < 4.78 is 0. The lowest BCUT2D eigenvalue weighted by molar-refractivity contribution is -0.140. The Morgan fingerprint density at radius 3 is 2.39 bits per heavy atom. The van der Waals surface area contributed by atoms with Crippen LogP contribution in [0.5, 0.6) is 0 Å². The highest BCUT2D eigenvalue weighted by Gasteiger charge is 2.33. The van der Waals surface area contributed by atoms with Gasteiger partial charge >= 0.3 is 0 Å². The van der Waals surface area contributed by atoms with Crippen molar-refractivity contribution in [3.05, 3.63) is 0 Å². The quantitative estimate of drug-likeness (QED) is 0.553. The Kier molecular flexibility index (Phi) is 4.66. The van der Waals surface area contributed by atoms with Gasteiger partial charge in [0, 0.05) is 12.6 Å². The molecule has 7 nitrogen and oxygen atoms in total. The van der Waals surface area contributed by atoms with E-state index in [4.69, 9.17) is 17.2 Å². The van der Waals surface area contributed by atoms with Gasteiger partial charge in [-0.3, -0.25) is 14.4 Å². The maximum Gasteiger partial charge on any atom is 0.240 e. The molecule has 1 rings (SSSR count). The minimum atomic E-state index is -0.948. The second-order valence-electron chi connectivity index (χ2n) is 4.79. The fourth-order valence-electron chi connectivity index (χ4n) is 2.16. The average molecular weight is 256 g/mol. The van der Waals surface area contributed by atoms with Crippen LogP contribution in [0.15, 0.2) is 0 Å². The molecule has 1 fully saturated rings. The standard InChI is InChI=1S/C11H20N4O3/c1-6-2-3-7(10(14)17)5-15(6)11(18)8(12)4-9(13)16/h6-8H,2-5,12H2,1H3,(H2,13,16)(H2,14,17). The maximum absolute atomic E-state index is 12.1. The van der Waals surface area contributed by atoms with E-state index < -0.39 is 17.9 Å². The third kappa shape index (κ3) is 3.43. The van der Waals surface area contributed by atoms with E-state index in [2.05, 4.69) is 0 Å². The van der Waals surface area contributed by atoms with Crippen molar-refractivity contribution >= 4 is 17.7 Å². The van der Waals surface area contributed by atoms with Crippen LogP contribution in [0.3, 0.4) is 0 Å². The molecule has 0 saturated carbocycles. The van der Waals surface area contributed by atoms with Crippen LogP contribution >= 0.6 is 0 Å². The van der Waals surface area contributed by atoms with E-state index in [1.165, 1.54) is 4.90 Å².